The zero-order chi connectivity index (χ0) is 19.7. The quantitative estimate of drug-likeness (QED) is 0.735. The lowest BCUT2D eigenvalue weighted by molar-refractivity contribution is 0.0300. The van der Waals surface area contributed by atoms with Gasteiger partial charge in [0, 0.05) is 30.0 Å². The molecule has 7 nitrogen and oxygen atoms in total. The summed E-state index contributed by atoms with van der Waals surface area (Å²) in [6, 6.07) is 10.7. The number of amides is 2. The monoisotopic (exact) mass is 398 g/mol. The van der Waals surface area contributed by atoms with Crippen LogP contribution in [-0.2, 0) is 4.74 Å². The third-order valence-corrected chi connectivity index (χ3v) is 5.09. The molecule has 1 saturated heterocycles. The number of aryl methyl sites for hydroxylation is 1. The number of carbonyl (C=O) groups is 2. The minimum Gasteiger partial charge on any atom is -0.378 e. The zero-order valence-electron chi connectivity index (χ0n) is 15.3. The highest BCUT2D eigenvalue weighted by atomic mass is 35.5. The molecule has 3 aromatic rings. The summed E-state index contributed by atoms with van der Waals surface area (Å²) < 4.78 is 6.93. The maximum Gasteiger partial charge on any atom is 0.292 e. The van der Waals surface area contributed by atoms with Gasteiger partial charge in [0.15, 0.2) is 5.69 Å². The number of aromatic nitrogens is 2. The van der Waals surface area contributed by atoms with Crippen molar-refractivity contribution < 1.29 is 14.3 Å². The number of ether oxygens (including phenoxy) is 1. The number of carbonyl (C=O) groups excluding carboxylic acids is 2. The molecule has 0 aliphatic carbocycles. The zero-order valence-corrected chi connectivity index (χ0v) is 16.1. The smallest absolute Gasteiger partial charge is 0.292 e. The Morgan fingerprint density at radius 1 is 1.18 bits per heavy atom. The molecule has 1 aliphatic heterocycles. The van der Waals surface area contributed by atoms with Gasteiger partial charge in [0.1, 0.15) is 0 Å². The van der Waals surface area contributed by atoms with Gasteiger partial charge in [-0.2, -0.15) is 0 Å². The summed E-state index contributed by atoms with van der Waals surface area (Å²) in [5.41, 5.74) is 2.33. The molecule has 2 amide bonds. The van der Waals surface area contributed by atoms with Crippen molar-refractivity contribution >= 4 is 34.6 Å². The number of fused-ring (bicyclic) bond motifs is 1. The van der Waals surface area contributed by atoms with Gasteiger partial charge in [0.05, 0.1) is 18.7 Å². The molecule has 0 bridgehead atoms. The Hall–Kier alpha value is -2.90. The minimum absolute atomic E-state index is 0.143. The first-order valence-corrected chi connectivity index (χ1v) is 9.34. The van der Waals surface area contributed by atoms with Gasteiger partial charge in [0.2, 0.25) is 5.82 Å². The fourth-order valence-corrected chi connectivity index (χ4v) is 3.31. The van der Waals surface area contributed by atoms with Crippen molar-refractivity contribution in [3.05, 3.63) is 64.7 Å². The van der Waals surface area contributed by atoms with Crippen LogP contribution in [0, 0.1) is 6.92 Å². The van der Waals surface area contributed by atoms with Crippen LogP contribution >= 0.6 is 11.6 Å². The summed E-state index contributed by atoms with van der Waals surface area (Å²) in [5.74, 6) is -0.476. The van der Waals surface area contributed by atoms with Crippen LogP contribution in [0.5, 0.6) is 0 Å². The third kappa shape index (κ3) is 3.46. The van der Waals surface area contributed by atoms with Crippen LogP contribution in [0.3, 0.4) is 0 Å². The predicted octanol–water partition coefficient (Wildman–Crippen LogP) is 3.02. The number of benzene rings is 1. The molecule has 0 saturated carbocycles. The van der Waals surface area contributed by atoms with Crippen molar-refractivity contribution in [3.63, 3.8) is 0 Å². The molecule has 8 heteroatoms. The number of anilines is 1. The second kappa shape index (κ2) is 7.61. The van der Waals surface area contributed by atoms with E-state index in [2.05, 4.69) is 10.3 Å². The molecule has 144 valence electrons. The van der Waals surface area contributed by atoms with Gasteiger partial charge < -0.3 is 15.0 Å². The maximum atomic E-state index is 12.9. The molecular weight excluding hydrogens is 380 g/mol. The van der Waals surface area contributed by atoms with Crippen molar-refractivity contribution in [3.8, 4) is 0 Å². The normalized spacial score (nSPS) is 14.3. The Bertz CT molecular complexity index is 1060. The molecule has 1 aromatic carbocycles. The van der Waals surface area contributed by atoms with E-state index in [4.69, 9.17) is 16.3 Å². The molecule has 0 unspecified atom stereocenters. The number of rotatable bonds is 3. The Morgan fingerprint density at radius 3 is 2.71 bits per heavy atom. The Kier molecular flexibility index (Phi) is 5.02. The largest absolute Gasteiger partial charge is 0.378 e. The van der Waals surface area contributed by atoms with E-state index >= 15 is 0 Å². The second-order valence-corrected chi connectivity index (χ2v) is 6.97. The molecule has 4 rings (SSSR count). The molecule has 0 atom stereocenters. The van der Waals surface area contributed by atoms with E-state index in [1.54, 1.807) is 39.8 Å². The molecule has 2 aromatic heterocycles. The third-order valence-electron chi connectivity index (χ3n) is 4.68. The number of pyridine rings is 1. The highest BCUT2D eigenvalue weighted by molar-refractivity contribution is 6.31. The van der Waals surface area contributed by atoms with Gasteiger partial charge >= 0.3 is 0 Å². The first-order valence-electron chi connectivity index (χ1n) is 8.96. The van der Waals surface area contributed by atoms with Crippen molar-refractivity contribution in [1.82, 2.24) is 14.3 Å². The van der Waals surface area contributed by atoms with E-state index in [1.165, 1.54) is 0 Å². The van der Waals surface area contributed by atoms with Gasteiger partial charge in [-0.15, -0.1) is 0 Å². The van der Waals surface area contributed by atoms with E-state index in [1.807, 2.05) is 19.1 Å². The summed E-state index contributed by atoms with van der Waals surface area (Å²) in [5, 5.41) is 3.36. The SMILES string of the molecule is Cc1ccc(NC(=O)c2nc(C(=O)N3CCOCC3)c3ccccn23)cc1Cl. The first-order chi connectivity index (χ1) is 13.5. The van der Waals surface area contributed by atoms with Crippen LogP contribution in [0.2, 0.25) is 5.02 Å². The highest BCUT2D eigenvalue weighted by Crippen LogP contribution is 2.21. The number of nitrogens with one attached hydrogen (secondary N) is 1. The molecular formula is C20H19ClN4O3. The molecule has 1 fully saturated rings. The van der Waals surface area contributed by atoms with E-state index in [0.29, 0.717) is 42.5 Å². The number of hydrogen-bond donors (Lipinski definition) is 1. The lowest BCUT2D eigenvalue weighted by atomic mass is 10.2. The predicted molar refractivity (Wildman–Crippen MR) is 106 cm³/mol. The maximum absolute atomic E-state index is 12.9. The van der Waals surface area contributed by atoms with Crippen LogP contribution in [0.1, 0.15) is 26.7 Å². The summed E-state index contributed by atoms with van der Waals surface area (Å²) in [6.07, 6.45) is 1.72. The molecule has 0 radical (unpaired) electrons. The van der Waals surface area contributed by atoms with Gasteiger partial charge in [0.25, 0.3) is 11.8 Å². The van der Waals surface area contributed by atoms with Crippen LogP contribution in [0.25, 0.3) is 5.52 Å². The van der Waals surface area contributed by atoms with Gasteiger partial charge in [-0.25, -0.2) is 4.98 Å². The molecule has 1 aliphatic rings. The fourth-order valence-electron chi connectivity index (χ4n) is 3.13. The summed E-state index contributed by atoms with van der Waals surface area (Å²) in [7, 11) is 0. The minimum atomic E-state index is -0.415. The Balaban J connectivity index is 1.68. The van der Waals surface area contributed by atoms with Crippen LogP contribution in [0.4, 0.5) is 5.69 Å². The topological polar surface area (TPSA) is 75.9 Å². The Morgan fingerprint density at radius 2 is 1.96 bits per heavy atom. The van der Waals surface area contributed by atoms with Crippen molar-refractivity contribution in [1.29, 1.82) is 0 Å². The molecule has 3 heterocycles. The van der Waals surface area contributed by atoms with Crippen molar-refractivity contribution in [2.45, 2.75) is 6.92 Å². The molecule has 28 heavy (non-hydrogen) atoms. The van der Waals surface area contributed by atoms with Crippen LogP contribution in [-0.4, -0.2) is 52.4 Å². The first kappa shape index (κ1) is 18.5. The summed E-state index contributed by atoms with van der Waals surface area (Å²) >= 11 is 6.14. The number of halogens is 1. The molecule has 0 spiro atoms. The van der Waals surface area contributed by atoms with Crippen LogP contribution in [0.15, 0.2) is 42.6 Å². The summed E-state index contributed by atoms with van der Waals surface area (Å²) in [4.78, 5) is 31.9. The fraction of sp³-hybridized carbons (Fsp3) is 0.250. The standard InChI is InChI=1S/C20H19ClN4O3/c1-13-5-6-14(12-15(13)21)22-19(26)18-23-17(16-4-2-3-7-25(16)18)20(27)24-8-10-28-11-9-24/h2-7,12H,8-11H2,1H3,(H,22,26). The van der Waals surface area contributed by atoms with Crippen molar-refractivity contribution in [2.75, 3.05) is 31.6 Å². The highest BCUT2D eigenvalue weighted by Gasteiger charge is 2.26. The van der Waals surface area contributed by atoms with E-state index in [9.17, 15) is 9.59 Å². The van der Waals surface area contributed by atoms with E-state index < -0.39 is 5.91 Å². The number of morpholine rings is 1. The second-order valence-electron chi connectivity index (χ2n) is 6.56. The van der Waals surface area contributed by atoms with Crippen molar-refractivity contribution in [2.24, 2.45) is 0 Å². The average molecular weight is 399 g/mol. The van der Waals surface area contributed by atoms with E-state index in [-0.39, 0.29) is 17.4 Å². The summed E-state index contributed by atoms with van der Waals surface area (Å²) in [6.45, 7) is 3.90. The van der Waals surface area contributed by atoms with Gasteiger partial charge in [-0.3, -0.25) is 14.0 Å². The Labute approximate surface area is 166 Å². The lowest BCUT2D eigenvalue weighted by Crippen LogP contribution is -2.40. The number of nitrogens with zero attached hydrogens (tertiary/aromatic N) is 3. The average Bonchev–Trinajstić information content (AvgIpc) is 3.11. The van der Waals surface area contributed by atoms with E-state index in [0.717, 1.165) is 5.56 Å². The molecule has 1 N–H and O–H groups in total. The lowest BCUT2D eigenvalue weighted by Gasteiger charge is -2.26. The van der Waals surface area contributed by atoms with Crippen LogP contribution < -0.4 is 5.32 Å². The number of imidazole rings is 1. The van der Waals surface area contributed by atoms with Gasteiger partial charge in [-0.05, 0) is 36.8 Å². The number of hydrogen-bond acceptors (Lipinski definition) is 4. The van der Waals surface area contributed by atoms with Gasteiger partial charge in [-0.1, -0.05) is 23.7 Å².